The SMILES string of the molecule is O=C(O)c1cccc(N=Nc2c(-c3ccccn3)[nH][nH]c2=O)c1. The van der Waals surface area contributed by atoms with Gasteiger partial charge in [0.15, 0.2) is 5.69 Å². The Kier molecular flexibility index (Phi) is 3.79. The Bertz CT molecular complexity index is 928. The zero-order chi connectivity index (χ0) is 16.2. The fraction of sp³-hybridized carbons (Fsp3) is 0. The second-order valence-electron chi connectivity index (χ2n) is 4.57. The van der Waals surface area contributed by atoms with Crippen molar-refractivity contribution in [1.82, 2.24) is 15.2 Å². The summed E-state index contributed by atoms with van der Waals surface area (Å²) in [7, 11) is 0. The molecular formula is C15H11N5O3. The third-order valence-corrected chi connectivity index (χ3v) is 3.03. The molecule has 0 aliphatic carbocycles. The van der Waals surface area contributed by atoms with Crippen molar-refractivity contribution in [2.45, 2.75) is 0 Å². The molecule has 0 aliphatic rings. The molecule has 0 atom stereocenters. The maximum absolute atomic E-state index is 11.8. The first-order valence-electron chi connectivity index (χ1n) is 6.62. The molecule has 3 rings (SSSR count). The van der Waals surface area contributed by atoms with Gasteiger partial charge >= 0.3 is 5.97 Å². The summed E-state index contributed by atoms with van der Waals surface area (Å²) in [6.07, 6.45) is 1.60. The van der Waals surface area contributed by atoms with Crippen molar-refractivity contribution in [3.8, 4) is 11.4 Å². The number of azo groups is 1. The number of carbonyl (C=O) groups is 1. The van der Waals surface area contributed by atoms with E-state index in [1.807, 2.05) is 0 Å². The van der Waals surface area contributed by atoms with Crippen LogP contribution in [0.1, 0.15) is 10.4 Å². The van der Waals surface area contributed by atoms with E-state index in [4.69, 9.17) is 5.11 Å². The number of nitrogens with zero attached hydrogens (tertiary/aromatic N) is 3. The maximum Gasteiger partial charge on any atom is 0.335 e. The first-order chi connectivity index (χ1) is 11.1. The van der Waals surface area contributed by atoms with Gasteiger partial charge in [-0.3, -0.25) is 20.0 Å². The van der Waals surface area contributed by atoms with Crippen LogP contribution in [0.4, 0.5) is 11.4 Å². The van der Waals surface area contributed by atoms with Gasteiger partial charge in [-0.2, -0.15) is 5.11 Å². The third-order valence-electron chi connectivity index (χ3n) is 3.03. The van der Waals surface area contributed by atoms with E-state index in [1.165, 1.54) is 12.1 Å². The Balaban J connectivity index is 1.98. The van der Waals surface area contributed by atoms with E-state index in [-0.39, 0.29) is 11.3 Å². The molecule has 8 nitrogen and oxygen atoms in total. The van der Waals surface area contributed by atoms with E-state index in [0.29, 0.717) is 17.1 Å². The minimum absolute atomic E-state index is 0.0735. The normalized spacial score (nSPS) is 11.0. The Morgan fingerprint density at radius 1 is 1.09 bits per heavy atom. The van der Waals surface area contributed by atoms with Crippen molar-refractivity contribution in [3.05, 3.63) is 64.6 Å². The summed E-state index contributed by atoms with van der Waals surface area (Å²) in [4.78, 5) is 26.9. The predicted molar refractivity (Wildman–Crippen MR) is 82.2 cm³/mol. The lowest BCUT2D eigenvalue weighted by Crippen LogP contribution is -1.96. The highest BCUT2D eigenvalue weighted by Gasteiger charge is 2.12. The molecular weight excluding hydrogens is 298 g/mol. The van der Waals surface area contributed by atoms with E-state index in [1.54, 1.807) is 36.5 Å². The molecule has 0 amide bonds. The van der Waals surface area contributed by atoms with Gasteiger partial charge in [-0.05, 0) is 30.3 Å². The fourth-order valence-electron chi connectivity index (χ4n) is 1.95. The van der Waals surface area contributed by atoms with Gasteiger partial charge in [0.25, 0.3) is 5.56 Å². The summed E-state index contributed by atoms with van der Waals surface area (Å²) in [5, 5.41) is 22.0. The highest BCUT2D eigenvalue weighted by molar-refractivity contribution is 5.88. The summed E-state index contributed by atoms with van der Waals surface area (Å²) >= 11 is 0. The van der Waals surface area contributed by atoms with E-state index in [2.05, 4.69) is 25.4 Å². The molecule has 3 N–H and O–H groups in total. The summed E-state index contributed by atoms with van der Waals surface area (Å²) in [5.41, 5.74) is 1.01. The number of aromatic nitrogens is 3. The fourth-order valence-corrected chi connectivity index (χ4v) is 1.95. The summed E-state index contributed by atoms with van der Waals surface area (Å²) < 4.78 is 0. The molecule has 0 spiro atoms. The molecule has 23 heavy (non-hydrogen) atoms. The maximum atomic E-state index is 11.8. The number of pyridine rings is 1. The first-order valence-corrected chi connectivity index (χ1v) is 6.62. The van der Waals surface area contributed by atoms with E-state index in [9.17, 15) is 9.59 Å². The van der Waals surface area contributed by atoms with Crippen molar-refractivity contribution in [3.63, 3.8) is 0 Å². The van der Waals surface area contributed by atoms with Crippen LogP contribution in [0.25, 0.3) is 11.4 Å². The summed E-state index contributed by atoms with van der Waals surface area (Å²) in [5.74, 6) is -1.06. The molecule has 8 heteroatoms. The molecule has 0 unspecified atom stereocenters. The predicted octanol–water partition coefficient (Wildman–Crippen LogP) is 2.88. The highest BCUT2D eigenvalue weighted by Crippen LogP contribution is 2.25. The van der Waals surface area contributed by atoms with Crippen LogP contribution in [0.2, 0.25) is 0 Å². The number of hydrogen-bond acceptors (Lipinski definition) is 5. The van der Waals surface area contributed by atoms with Crippen LogP contribution in [0, 0.1) is 0 Å². The van der Waals surface area contributed by atoms with Crippen LogP contribution >= 0.6 is 0 Å². The topological polar surface area (TPSA) is 124 Å². The summed E-state index contributed by atoms with van der Waals surface area (Å²) in [6, 6.07) is 11.2. The third kappa shape index (κ3) is 3.05. The summed E-state index contributed by atoms with van der Waals surface area (Å²) in [6.45, 7) is 0. The number of aromatic amines is 2. The Labute approximate surface area is 129 Å². The molecule has 0 fully saturated rings. The number of H-pyrrole nitrogens is 2. The molecule has 3 aromatic rings. The van der Waals surface area contributed by atoms with Crippen molar-refractivity contribution in [2.75, 3.05) is 0 Å². The van der Waals surface area contributed by atoms with Crippen LogP contribution < -0.4 is 5.56 Å². The van der Waals surface area contributed by atoms with Crippen LogP contribution in [-0.2, 0) is 0 Å². The minimum Gasteiger partial charge on any atom is -0.478 e. The van der Waals surface area contributed by atoms with E-state index >= 15 is 0 Å². The quantitative estimate of drug-likeness (QED) is 0.641. The molecule has 0 bridgehead atoms. The lowest BCUT2D eigenvalue weighted by atomic mass is 10.2. The number of hydrogen-bond donors (Lipinski definition) is 3. The van der Waals surface area contributed by atoms with Gasteiger partial charge < -0.3 is 5.11 Å². The lowest BCUT2D eigenvalue weighted by molar-refractivity contribution is 0.0697. The van der Waals surface area contributed by atoms with Crippen molar-refractivity contribution < 1.29 is 9.90 Å². The number of carboxylic acid groups (broad SMARTS) is 1. The first kappa shape index (κ1) is 14.4. The molecule has 0 saturated heterocycles. The molecule has 114 valence electrons. The Hall–Kier alpha value is -3.55. The molecule has 0 saturated carbocycles. The molecule has 2 aromatic heterocycles. The van der Waals surface area contributed by atoms with Crippen LogP contribution in [0.15, 0.2) is 63.7 Å². The average Bonchev–Trinajstić information content (AvgIpc) is 2.95. The highest BCUT2D eigenvalue weighted by atomic mass is 16.4. The zero-order valence-electron chi connectivity index (χ0n) is 11.7. The Morgan fingerprint density at radius 2 is 1.96 bits per heavy atom. The number of nitrogens with one attached hydrogen (secondary N) is 2. The Morgan fingerprint density at radius 3 is 2.70 bits per heavy atom. The standard InChI is InChI=1S/C15H11N5O3/c21-14-13(12(18-20-14)11-6-1-2-7-16-11)19-17-10-5-3-4-9(8-10)15(22)23/h1-8H,(H,22,23)(H2,18,20,21). The van der Waals surface area contributed by atoms with Gasteiger partial charge in [0.05, 0.1) is 16.9 Å². The number of carboxylic acids is 1. The average molecular weight is 309 g/mol. The monoisotopic (exact) mass is 309 g/mol. The van der Waals surface area contributed by atoms with Gasteiger partial charge in [0.1, 0.15) is 5.69 Å². The van der Waals surface area contributed by atoms with Crippen LogP contribution in [0.3, 0.4) is 0 Å². The molecule has 0 aliphatic heterocycles. The molecule has 2 heterocycles. The van der Waals surface area contributed by atoms with Crippen LogP contribution in [-0.4, -0.2) is 26.3 Å². The van der Waals surface area contributed by atoms with Gasteiger partial charge in [0.2, 0.25) is 0 Å². The van der Waals surface area contributed by atoms with E-state index in [0.717, 1.165) is 0 Å². The second-order valence-corrected chi connectivity index (χ2v) is 4.57. The van der Waals surface area contributed by atoms with Crippen molar-refractivity contribution >= 4 is 17.3 Å². The second kappa shape index (κ2) is 6.06. The van der Waals surface area contributed by atoms with Gasteiger partial charge in [-0.25, -0.2) is 4.79 Å². The van der Waals surface area contributed by atoms with Gasteiger partial charge in [-0.15, -0.1) is 5.11 Å². The smallest absolute Gasteiger partial charge is 0.335 e. The number of aromatic carboxylic acids is 1. The van der Waals surface area contributed by atoms with Gasteiger partial charge in [-0.1, -0.05) is 12.1 Å². The largest absolute Gasteiger partial charge is 0.478 e. The van der Waals surface area contributed by atoms with E-state index < -0.39 is 11.5 Å². The molecule has 1 aromatic carbocycles. The van der Waals surface area contributed by atoms with Crippen molar-refractivity contribution in [2.24, 2.45) is 10.2 Å². The minimum atomic E-state index is -1.06. The number of benzene rings is 1. The zero-order valence-corrected chi connectivity index (χ0v) is 11.7. The lowest BCUT2D eigenvalue weighted by Gasteiger charge is -1.97. The van der Waals surface area contributed by atoms with Crippen LogP contribution in [0.5, 0.6) is 0 Å². The van der Waals surface area contributed by atoms with Gasteiger partial charge in [0, 0.05) is 6.20 Å². The number of rotatable bonds is 4. The van der Waals surface area contributed by atoms with Crippen molar-refractivity contribution in [1.29, 1.82) is 0 Å². The molecule has 0 radical (unpaired) electrons.